The normalized spacial score (nSPS) is 13.4. The van der Waals surface area contributed by atoms with E-state index in [9.17, 15) is 9.18 Å². The van der Waals surface area contributed by atoms with Gasteiger partial charge in [0.25, 0.3) is 0 Å². The number of nitrogens with zero attached hydrogens (tertiary/aromatic N) is 4. The standard InChI is InChI=1S/C20H15FN4O/c1-12-19(11-26)24-20(14-4-5-15(9-22)17(21)8-14)25(12)16-6-7-18(23-10-16)13-2-3-13/h4-8,10-11,13H,2-3H2,1H3. The largest absolute Gasteiger partial charge is 0.296 e. The highest BCUT2D eigenvalue weighted by Crippen LogP contribution is 2.39. The number of aromatic nitrogens is 3. The van der Waals surface area contributed by atoms with Gasteiger partial charge >= 0.3 is 0 Å². The molecule has 0 amide bonds. The van der Waals surface area contributed by atoms with Crippen molar-refractivity contribution in [3.8, 4) is 23.1 Å². The molecule has 0 radical (unpaired) electrons. The zero-order chi connectivity index (χ0) is 18.3. The summed E-state index contributed by atoms with van der Waals surface area (Å²) in [5.74, 6) is 0.367. The molecule has 0 N–H and O–H groups in total. The highest BCUT2D eigenvalue weighted by atomic mass is 19.1. The minimum Gasteiger partial charge on any atom is -0.296 e. The van der Waals surface area contributed by atoms with Crippen LogP contribution < -0.4 is 0 Å². The van der Waals surface area contributed by atoms with Gasteiger partial charge in [0.15, 0.2) is 6.29 Å². The topological polar surface area (TPSA) is 71.6 Å². The van der Waals surface area contributed by atoms with Crippen molar-refractivity contribution in [2.75, 3.05) is 0 Å². The van der Waals surface area contributed by atoms with Crippen molar-refractivity contribution >= 4 is 6.29 Å². The molecule has 0 unspecified atom stereocenters. The Kier molecular flexibility index (Phi) is 3.85. The van der Waals surface area contributed by atoms with Gasteiger partial charge in [0.2, 0.25) is 0 Å². The van der Waals surface area contributed by atoms with Gasteiger partial charge in [0, 0.05) is 17.2 Å². The van der Waals surface area contributed by atoms with Crippen molar-refractivity contribution in [1.82, 2.24) is 14.5 Å². The van der Waals surface area contributed by atoms with Crippen LogP contribution in [0.5, 0.6) is 0 Å². The van der Waals surface area contributed by atoms with Gasteiger partial charge in [-0.25, -0.2) is 9.37 Å². The molecule has 128 valence electrons. The smallest absolute Gasteiger partial charge is 0.170 e. The average molecular weight is 346 g/mol. The second-order valence-electron chi connectivity index (χ2n) is 6.38. The summed E-state index contributed by atoms with van der Waals surface area (Å²) in [6.07, 6.45) is 4.77. The molecule has 1 aliphatic carbocycles. The molecule has 2 heterocycles. The van der Waals surface area contributed by atoms with Gasteiger partial charge in [-0.05, 0) is 50.1 Å². The molecule has 0 saturated heterocycles. The lowest BCUT2D eigenvalue weighted by molar-refractivity contribution is 0.111. The molecule has 0 atom stereocenters. The number of hydrogen-bond donors (Lipinski definition) is 0. The lowest BCUT2D eigenvalue weighted by atomic mass is 10.1. The number of rotatable bonds is 4. The summed E-state index contributed by atoms with van der Waals surface area (Å²) in [6.45, 7) is 1.79. The molecule has 1 aromatic carbocycles. The Bertz CT molecular complexity index is 1040. The van der Waals surface area contributed by atoms with E-state index in [2.05, 4.69) is 9.97 Å². The van der Waals surface area contributed by atoms with E-state index >= 15 is 0 Å². The summed E-state index contributed by atoms with van der Waals surface area (Å²) in [6, 6.07) is 10.0. The monoisotopic (exact) mass is 346 g/mol. The van der Waals surface area contributed by atoms with Crippen LogP contribution in [0.4, 0.5) is 4.39 Å². The van der Waals surface area contributed by atoms with Crippen LogP contribution in [-0.2, 0) is 0 Å². The first kappa shape index (κ1) is 16.2. The molecule has 4 rings (SSSR count). The SMILES string of the molecule is Cc1c(C=O)nc(-c2ccc(C#N)c(F)c2)n1-c1ccc(C2CC2)nc1. The van der Waals surface area contributed by atoms with Crippen LogP contribution in [0.2, 0.25) is 0 Å². The predicted molar refractivity (Wildman–Crippen MR) is 93.6 cm³/mol. The number of carbonyl (C=O) groups is 1. The highest BCUT2D eigenvalue weighted by Gasteiger charge is 2.25. The third kappa shape index (κ3) is 2.68. The molecule has 3 aromatic rings. The summed E-state index contributed by atoms with van der Waals surface area (Å²) in [5, 5.41) is 8.91. The summed E-state index contributed by atoms with van der Waals surface area (Å²) in [4.78, 5) is 20.2. The fourth-order valence-electron chi connectivity index (χ4n) is 3.03. The molecule has 0 spiro atoms. The van der Waals surface area contributed by atoms with Crippen LogP contribution in [0.1, 0.15) is 46.2 Å². The predicted octanol–water partition coefficient (Wildman–Crippen LogP) is 3.94. The maximum absolute atomic E-state index is 14.1. The maximum atomic E-state index is 14.1. The van der Waals surface area contributed by atoms with Crippen LogP contribution >= 0.6 is 0 Å². The van der Waals surface area contributed by atoms with E-state index < -0.39 is 5.82 Å². The Morgan fingerprint density at radius 3 is 2.69 bits per heavy atom. The molecule has 1 saturated carbocycles. The van der Waals surface area contributed by atoms with E-state index in [1.54, 1.807) is 29.8 Å². The van der Waals surface area contributed by atoms with Gasteiger partial charge in [-0.15, -0.1) is 0 Å². The molecule has 0 bridgehead atoms. The Balaban J connectivity index is 1.86. The Hall–Kier alpha value is -3.33. The summed E-state index contributed by atoms with van der Waals surface area (Å²) < 4.78 is 15.9. The molecule has 1 fully saturated rings. The van der Waals surface area contributed by atoms with Gasteiger partial charge in [0.05, 0.1) is 23.1 Å². The van der Waals surface area contributed by atoms with Gasteiger partial charge in [-0.1, -0.05) is 0 Å². The van der Waals surface area contributed by atoms with Crippen molar-refractivity contribution in [2.45, 2.75) is 25.7 Å². The van der Waals surface area contributed by atoms with E-state index in [4.69, 9.17) is 5.26 Å². The zero-order valence-electron chi connectivity index (χ0n) is 14.1. The molecule has 5 nitrogen and oxygen atoms in total. The summed E-state index contributed by atoms with van der Waals surface area (Å²) >= 11 is 0. The second-order valence-corrected chi connectivity index (χ2v) is 6.38. The van der Waals surface area contributed by atoms with Gasteiger partial charge in [0.1, 0.15) is 23.4 Å². The molecule has 0 aliphatic heterocycles. The average Bonchev–Trinajstić information content (AvgIpc) is 3.45. The van der Waals surface area contributed by atoms with E-state index in [1.807, 2.05) is 12.1 Å². The second kappa shape index (κ2) is 6.19. The van der Waals surface area contributed by atoms with Gasteiger partial charge < -0.3 is 0 Å². The van der Waals surface area contributed by atoms with Gasteiger partial charge in [-0.3, -0.25) is 14.3 Å². The summed E-state index contributed by atoms with van der Waals surface area (Å²) in [7, 11) is 0. The Morgan fingerprint density at radius 1 is 1.31 bits per heavy atom. The molecule has 1 aliphatic rings. The number of carbonyl (C=O) groups excluding carboxylic acids is 1. The van der Waals surface area contributed by atoms with Crippen LogP contribution in [-0.4, -0.2) is 20.8 Å². The van der Waals surface area contributed by atoms with Crippen molar-refractivity contribution < 1.29 is 9.18 Å². The molecule has 6 heteroatoms. The minimum atomic E-state index is -0.618. The minimum absolute atomic E-state index is 0.0327. The van der Waals surface area contributed by atoms with Crippen molar-refractivity contribution in [3.63, 3.8) is 0 Å². The number of imidazole rings is 1. The number of pyridine rings is 1. The number of nitriles is 1. The fraction of sp³-hybridized carbons (Fsp3) is 0.200. The lowest BCUT2D eigenvalue weighted by Gasteiger charge is -2.11. The lowest BCUT2D eigenvalue weighted by Crippen LogP contribution is -2.02. The first-order chi connectivity index (χ1) is 12.6. The van der Waals surface area contributed by atoms with Crippen LogP contribution in [0.15, 0.2) is 36.5 Å². The number of hydrogen-bond acceptors (Lipinski definition) is 4. The van der Waals surface area contributed by atoms with E-state index in [-0.39, 0.29) is 11.3 Å². The van der Waals surface area contributed by atoms with E-state index in [0.29, 0.717) is 29.3 Å². The highest BCUT2D eigenvalue weighted by molar-refractivity contribution is 5.77. The Labute approximate surface area is 149 Å². The van der Waals surface area contributed by atoms with Crippen LogP contribution in [0, 0.1) is 24.1 Å². The van der Waals surface area contributed by atoms with Crippen molar-refractivity contribution in [2.24, 2.45) is 0 Å². The van der Waals surface area contributed by atoms with Gasteiger partial charge in [-0.2, -0.15) is 5.26 Å². The van der Waals surface area contributed by atoms with E-state index in [0.717, 1.165) is 11.4 Å². The third-order valence-electron chi connectivity index (χ3n) is 4.63. The first-order valence-corrected chi connectivity index (χ1v) is 8.33. The number of benzene rings is 1. The summed E-state index contributed by atoms with van der Waals surface area (Å²) in [5.41, 5.74) is 3.22. The van der Waals surface area contributed by atoms with Crippen molar-refractivity contribution in [1.29, 1.82) is 5.26 Å². The van der Waals surface area contributed by atoms with Crippen LogP contribution in [0.3, 0.4) is 0 Å². The Morgan fingerprint density at radius 2 is 2.12 bits per heavy atom. The number of halogens is 1. The molecular weight excluding hydrogens is 331 g/mol. The number of aldehydes is 1. The maximum Gasteiger partial charge on any atom is 0.170 e. The first-order valence-electron chi connectivity index (χ1n) is 8.33. The van der Waals surface area contributed by atoms with E-state index in [1.165, 1.54) is 25.0 Å². The van der Waals surface area contributed by atoms with Crippen LogP contribution in [0.25, 0.3) is 17.1 Å². The molecular formula is C20H15FN4O. The quantitative estimate of drug-likeness (QED) is 0.671. The molecule has 26 heavy (non-hydrogen) atoms. The molecule has 2 aromatic heterocycles. The van der Waals surface area contributed by atoms with Crippen molar-refractivity contribution in [3.05, 3.63) is 65.0 Å². The fourth-order valence-corrected chi connectivity index (χ4v) is 3.03. The third-order valence-corrected chi connectivity index (χ3v) is 4.63. The zero-order valence-corrected chi connectivity index (χ0v) is 14.1.